The molecule has 0 aliphatic heterocycles. The summed E-state index contributed by atoms with van der Waals surface area (Å²) in [6, 6.07) is 5.48. The van der Waals surface area contributed by atoms with Gasteiger partial charge in [0.1, 0.15) is 17.3 Å². The highest BCUT2D eigenvalue weighted by Crippen LogP contribution is 2.26. The van der Waals surface area contributed by atoms with E-state index in [9.17, 15) is 9.59 Å². The van der Waals surface area contributed by atoms with Crippen LogP contribution in [0.1, 0.15) is 11.4 Å². The minimum Gasteiger partial charge on any atom is -0.497 e. The first kappa shape index (κ1) is 17.5. The average Bonchev–Trinajstić information content (AvgIpc) is 2.99. The molecule has 2 heterocycles. The third kappa shape index (κ3) is 2.69. The molecule has 0 saturated carbocycles. The molecule has 0 bridgehead atoms. The van der Waals surface area contributed by atoms with E-state index in [2.05, 4.69) is 4.98 Å². The fourth-order valence-corrected chi connectivity index (χ4v) is 2.80. The topological polar surface area (TPSA) is 80.3 Å². The van der Waals surface area contributed by atoms with Crippen LogP contribution in [0.5, 0.6) is 11.5 Å². The summed E-state index contributed by atoms with van der Waals surface area (Å²) < 4.78 is 14.7. The lowest BCUT2D eigenvalue weighted by atomic mass is 10.1. The first-order chi connectivity index (χ1) is 12.4. The number of hydrogen-bond donors (Lipinski definition) is 0. The van der Waals surface area contributed by atoms with E-state index in [0.717, 1.165) is 10.1 Å². The zero-order valence-electron chi connectivity index (χ0n) is 15.3. The second-order valence-electron chi connectivity index (χ2n) is 5.85. The van der Waals surface area contributed by atoms with Gasteiger partial charge in [-0.25, -0.2) is 9.78 Å². The molecule has 26 heavy (non-hydrogen) atoms. The van der Waals surface area contributed by atoms with Crippen molar-refractivity contribution < 1.29 is 9.47 Å². The number of rotatable bonds is 4. The first-order valence-electron chi connectivity index (χ1n) is 7.91. The highest BCUT2D eigenvalue weighted by atomic mass is 16.5. The van der Waals surface area contributed by atoms with Gasteiger partial charge in [-0.15, -0.1) is 0 Å². The van der Waals surface area contributed by atoms with Crippen LogP contribution in [0.25, 0.3) is 23.3 Å². The Balaban J connectivity index is 2.13. The number of aromatic nitrogens is 4. The van der Waals surface area contributed by atoms with E-state index < -0.39 is 5.69 Å². The summed E-state index contributed by atoms with van der Waals surface area (Å²) in [7, 11) is 7.97. The van der Waals surface area contributed by atoms with E-state index in [4.69, 9.17) is 9.47 Å². The van der Waals surface area contributed by atoms with Crippen molar-refractivity contribution in [3.8, 4) is 11.5 Å². The van der Waals surface area contributed by atoms with E-state index in [1.807, 2.05) is 18.2 Å². The maximum Gasteiger partial charge on any atom is 0.332 e. The van der Waals surface area contributed by atoms with Crippen LogP contribution in [0.15, 0.2) is 27.8 Å². The molecule has 0 aliphatic rings. The number of methoxy groups -OCH3 is 2. The summed E-state index contributed by atoms with van der Waals surface area (Å²) in [5.74, 6) is 1.90. The number of fused-ring (bicyclic) bond motifs is 1. The smallest absolute Gasteiger partial charge is 0.332 e. The van der Waals surface area contributed by atoms with E-state index >= 15 is 0 Å². The lowest BCUT2D eigenvalue weighted by molar-refractivity contribution is 0.394. The van der Waals surface area contributed by atoms with Crippen molar-refractivity contribution >= 4 is 23.3 Å². The second-order valence-corrected chi connectivity index (χ2v) is 5.85. The van der Waals surface area contributed by atoms with Crippen LogP contribution in [-0.2, 0) is 21.1 Å². The maximum atomic E-state index is 12.4. The molecule has 0 fully saturated rings. The largest absolute Gasteiger partial charge is 0.497 e. The SMILES string of the molecule is COc1ccc(/C=C/c2nc3c(c(=O)n(C)c(=O)n3C)n2C)c(OC)c1. The lowest BCUT2D eigenvalue weighted by Crippen LogP contribution is -2.37. The van der Waals surface area contributed by atoms with Crippen molar-refractivity contribution in [2.45, 2.75) is 0 Å². The normalized spacial score (nSPS) is 11.4. The Morgan fingerprint density at radius 3 is 2.35 bits per heavy atom. The molecule has 8 heteroatoms. The van der Waals surface area contributed by atoms with Gasteiger partial charge in [0.2, 0.25) is 0 Å². The van der Waals surface area contributed by atoms with Gasteiger partial charge in [-0.3, -0.25) is 13.9 Å². The van der Waals surface area contributed by atoms with Crippen LogP contribution in [0.2, 0.25) is 0 Å². The predicted octanol–water partition coefficient (Wildman–Crippen LogP) is 1.16. The summed E-state index contributed by atoms with van der Waals surface area (Å²) in [6.07, 6.45) is 3.61. The summed E-state index contributed by atoms with van der Waals surface area (Å²) in [5, 5.41) is 0. The van der Waals surface area contributed by atoms with Crippen molar-refractivity contribution in [2.75, 3.05) is 14.2 Å². The van der Waals surface area contributed by atoms with Crippen molar-refractivity contribution in [3.63, 3.8) is 0 Å². The van der Waals surface area contributed by atoms with Gasteiger partial charge in [-0.05, 0) is 24.3 Å². The zero-order valence-corrected chi connectivity index (χ0v) is 15.3. The van der Waals surface area contributed by atoms with E-state index in [0.29, 0.717) is 28.5 Å². The van der Waals surface area contributed by atoms with E-state index in [1.165, 1.54) is 11.6 Å². The second kappa shape index (κ2) is 6.55. The minimum absolute atomic E-state index is 0.349. The van der Waals surface area contributed by atoms with Crippen LogP contribution in [0.4, 0.5) is 0 Å². The summed E-state index contributed by atoms with van der Waals surface area (Å²) in [6.45, 7) is 0. The molecule has 0 amide bonds. The molecular weight excluding hydrogens is 336 g/mol. The van der Waals surface area contributed by atoms with Crippen LogP contribution >= 0.6 is 0 Å². The Morgan fingerprint density at radius 2 is 1.69 bits per heavy atom. The third-order valence-electron chi connectivity index (χ3n) is 4.36. The highest BCUT2D eigenvalue weighted by molar-refractivity contribution is 5.77. The fourth-order valence-electron chi connectivity index (χ4n) is 2.80. The van der Waals surface area contributed by atoms with Gasteiger partial charge >= 0.3 is 5.69 Å². The zero-order chi connectivity index (χ0) is 19.0. The molecular formula is C18H20N4O4. The molecule has 0 N–H and O–H groups in total. The van der Waals surface area contributed by atoms with Gasteiger partial charge in [0.05, 0.1) is 14.2 Å². The Kier molecular flexibility index (Phi) is 4.41. The molecule has 0 unspecified atom stereocenters. The molecule has 3 rings (SSSR count). The number of nitrogens with zero attached hydrogens (tertiary/aromatic N) is 4. The first-order valence-corrected chi connectivity index (χ1v) is 7.91. The van der Waals surface area contributed by atoms with Crippen molar-refractivity contribution in [2.24, 2.45) is 21.1 Å². The highest BCUT2D eigenvalue weighted by Gasteiger charge is 2.15. The quantitative estimate of drug-likeness (QED) is 0.701. The average molecular weight is 356 g/mol. The van der Waals surface area contributed by atoms with Gasteiger partial charge in [-0.1, -0.05) is 0 Å². The van der Waals surface area contributed by atoms with Crippen LogP contribution in [0, 0.1) is 0 Å². The van der Waals surface area contributed by atoms with E-state index in [1.54, 1.807) is 45.0 Å². The van der Waals surface area contributed by atoms with E-state index in [-0.39, 0.29) is 5.56 Å². The molecule has 0 spiro atoms. The summed E-state index contributed by atoms with van der Waals surface area (Å²) >= 11 is 0. The summed E-state index contributed by atoms with van der Waals surface area (Å²) in [5.41, 5.74) is 0.771. The number of ether oxygens (including phenoxy) is 2. The van der Waals surface area contributed by atoms with Crippen molar-refractivity contribution in [3.05, 3.63) is 50.4 Å². The predicted molar refractivity (Wildman–Crippen MR) is 99.7 cm³/mol. The van der Waals surface area contributed by atoms with Gasteiger partial charge in [-0.2, -0.15) is 0 Å². The van der Waals surface area contributed by atoms with Crippen LogP contribution in [-0.4, -0.2) is 32.9 Å². The van der Waals surface area contributed by atoms with Gasteiger partial charge in [0, 0.05) is 32.8 Å². The number of imidazole rings is 1. The number of hydrogen-bond acceptors (Lipinski definition) is 5. The Bertz CT molecular complexity index is 1130. The van der Waals surface area contributed by atoms with Gasteiger partial charge < -0.3 is 14.0 Å². The lowest BCUT2D eigenvalue weighted by Gasteiger charge is -2.07. The molecule has 0 aliphatic carbocycles. The van der Waals surface area contributed by atoms with Crippen LogP contribution < -0.4 is 20.7 Å². The molecule has 0 saturated heterocycles. The fraction of sp³-hybridized carbons (Fsp3) is 0.278. The molecule has 0 atom stereocenters. The third-order valence-corrected chi connectivity index (χ3v) is 4.36. The maximum absolute atomic E-state index is 12.4. The van der Waals surface area contributed by atoms with Crippen molar-refractivity contribution in [1.29, 1.82) is 0 Å². The van der Waals surface area contributed by atoms with Gasteiger partial charge in [0.25, 0.3) is 5.56 Å². The van der Waals surface area contributed by atoms with Crippen LogP contribution in [0.3, 0.4) is 0 Å². The standard InChI is InChI=1S/C18H20N4O4/c1-20-14(9-7-11-6-8-12(25-4)10-13(11)26-5)19-16-15(20)17(23)22(3)18(24)21(16)2/h6-10H,1-5H3/b9-7+. The molecule has 2 aromatic heterocycles. The monoisotopic (exact) mass is 356 g/mol. The summed E-state index contributed by atoms with van der Waals surface area (Å²) in [4.78, 5) is 28.9. The van der Waals surface area contributed by atoms with Crippen molar-refractivity contribution in [1.82, 2.24) is 18.7 Å². The number of benzene rings is 1. The number of aryl methyl sites for hydroxylation is 2. The molecule has 3 aromatic rings. The Morgan fingerprint density at radius 1 is 0.962 bits per heavy atom. The molecule has 136 valence electrons. The minimum atomic E-state index is -0.409. The Labute approximate surface area is 149 Å². The molecule has 8 nitrogen and oxygen atoms in total. The molecule has 1 aromatic carbocycles. The van der Waals surface area contributed by atoms with Gasteiger partial charge in [0.15, 0.2) is 11.2 Å². The Hall–Kier alpha value is -3.29. The molecule has 0 radical (unpaired) electrons.